The number of hydrogen-bond donors (Lipinski definition) is 1. The standard InChI is InChI=1S/C16H22N2OS/c1-12(16-17-8-9-20-16)11-18-13(2)10-14-4-6-15(19-3)7-5-14/h4-9,12-13,18H,10-11H2,1-3H3. The number of benzene rings is 1. The van der Waals surface area contributed by atoms with E-state index in [0.29, 0.717) is 12.0 Å². The minimum Gasteiger partial charge on any atom is -0.497 e. The third-order valence-corrected chi connectivity index (χ3v) is 4.35. The summed E-state index contributed by atoms with van der Waals surface area (Å²) in [7, 11) is 1.69. The first-order valence-electron chi connectivity index (χ1n) is 6.94. The average Bonchev–Trinajstić information content (AvgIpc) is 3.00. The van der Waals surface area contributed by atoms with Crippen molar-refractivity contribution in [3.05, 3.63) is 46.4 Å². The Morgan fingerprint density at radius 1 is 1.25 bits per heavy atom. The van der Waals surface area contributed by atoms with E-state index in [9.17, 15) is 0 Å². The fourth-order valence-corrected chi connectivity index (χ4v) is 2.83. The van der Waals surface area contributed by atoms with Gasteiger partial charge in [-0.1, -0.05) is 19.1 Å². The summed E-state index contributed by atoms with van der Waals surface area (Å²) in [5.41, 5.74) is 1.33. The summed E-state index contributed by atoms with van der Waals surface area (Å²) in [6.45, 7) is 5.40. The Hall–Kier alpha value is -1.39. The minimum atomic E-state index is 0.450. The lowest BCUT2D eigenvalue weighted by Gasteiger charge is -2.17. The monoisotopic (exact) mass is 290 g/mol. The number of ether oxygens (including phenoxy) is 1. The van der Waals surface area contributed by atoms with Crippen LogP contribution < -0.4 is 10.1 Å². The van der Waals surface area contributed by atoms with Crippen molar-refractivity contribution in [1.29, 1.82) is 0 Å². The molecule has 0 bridgehead atoms. The predicted octanol–water partition coefficient (Wildman–Crippen LogP) is 3.48. The Bertz CT molecular complexity index is 496. The molecule has 0 radical (unpaired) electrons. The molecule has 0 amide bonds. The van der Waals surface area contributed by atoms with Crippen LogP contribution in [0.4, 0.5) is 0 Å². The average molecular weight is 290 g/mol. The summed E-state index contributed by atoms with van der Waals surface area (Å²) in [5.74, 6) is 1.38. The van der Waals surface area contributed by atoms with Crippen LogP contribution in [0.3, 0.4) is 0 Å². The molecule has 20 heavy (non-hydrogen) atoms. The van der Waals surface area contributed by atoms with Gasteiger partial charge in [0.2, 0.25) is 0 Å². The van der Waals surface area contributed by atoms with Gasteiger partial charge in [-0.2, -0.15) is 0 Å². The molecule has 0 saturated heterocycles. The van der Waals surface area contributed by atoms with Crippen LogP contribution in [0.25, 0.3) is 0 Å². The maximum absolute atomic E-state index is 5.17. The Balaban J connectivity index is 1.78. The first-order chi connectivity index (χ1) is 9.69. The summed E-state index contributed by atoms with van der Waals surface area (Å²) in [6, 6.07) is 8.73. The minimum absolute atomic E-state index is 0.450. The topological polar surface area (TPSA) is 34.1 Å². The molecule has 1 N–H and O–H groups in total. The van der Waals surface area contributed by atoms with Crippen molar-refractivity contribution in [3.8, 4) is 5.75 Å². The Morgan fingerprint density at radius 2 is 2.00 bits per heavy atom. The molecule has 0 saturated carbocycles. The number of thiazole rings is 1. The van der Waals surface area contributed by atoms with Crippen molar-refractivity contribution in [2.24, 2.45) is 0 Å². The highest BCUT2D eigenvalue weighted by atomic mass is 32.1. The highest BCUT2D eigenvalue weighted by Gasteiger charge is 2.10. The van der Waals surface area contributed by atoms with E-state index in [0.717, 1.165) is 18.7 Å². The number of rotatable bonds is 7. The van der Waals surface area contributed by atoms with Crippen LogP contribution in [-0.4, -0.2) is 24.7 Å². The van der Waals surface area contributed by atoms with E-state index in [1.165, 1.54) is 10.6 Å². The number of methoxy groups -OCH3 is 1. The summed E-state index contributed by atoms with van der Waals surface area (Å²) in [5, 5.41) is 6.82. The molecule has 3 nitrogen and oxygen atoms in total. The summed E-state index contributed by atoms with van der Waals surface area (Å²) in [6.07, 6.45) is 2.89. The van der Waals surface area contributed by atoms with Gasteiger partial charge >= 0.3 is 0 Å². The SMILES string of the molecule is COc1ccc(CC(C)NCC(C)c2nccs2)cc1. The predicted molar refractivity (Wildman–Crippen MR) is 84.7 cm³/mol. The van der Waals surface area contributed by atoms with Crippen molar-refractivity contribution in [2.45, 2.75) is 32.2 Å². The number of hydrogen-bond acceptors (Lipinski definition) is 4. The second-order valence-corrected chi connectivity index (χ2v) is 6.06. The summed E-state index contributed by atoms with van der Waals surface area (Å²) in [4.78, 5) is 4.36. The Labute approximate surface area is 125 Å². The number of nitrogens with one attached hydrogen (secondary N) is 1. The second kappa shape index (κ2) is 7.41. The molecule has 2 aromatic rings. The zero-order chi connectivity index (χ0) is 14.4. The zero-order valence-corrected chi connectivity index (χ0v) is 13.1. The molecule has 2 rings (SSSR count). The quantitative estimate of drug-likeness (QED) is 0.848. The lowest BCUT2D eigenvalue weighted by atomic mass is 10.1. The van der Waals surface area contributed by atoms with Crippen molar-refractivity contribution in [2.75, 3.05) is 13.7 Å². The molecule has 0 aliphatic heterocycles. The van der Waals surface area contributed by atoms with E-state index in [4.69, 9.17) is 4.74 Å². The summed E-state index contributed by atoms with van der Waals surface area (Å²) >= 11 is 1.73. The molecule has 1 aromatic heterocycles. The van der Waals surface area contributed by atoms with Crippen LogP contribution in [0.15, 0.2) is 35.8 Å². The highest BCUT2D eigenvalue weighted by molar-refractivity contribution is 7.09. The maximum atomic E-state index is 5.17. The molecule has 4 heteroatoms. The van der Waals surface area contributed by atoms with E-state index < -0.39 is 0 Å². The Morgan fingerprint density at radius 3 is 2.60 bits per heavy atom. The van der Waals surface area contributed by atoms with Gasteiger partial charge in [-0.15, -0.1) is 11.3 Å². The van der Waals surface area contributed by atoms with Gasteiger partial charge < -0.3 is 10.1 Å². The van der Waals surface area contributed by atoms with Crippen molar-refractivity contribution in [1.82, 2.24) is 10.3 Å². The fourth-order valence-electron chi connectivity index (χ4n) is 2.13. The molecule has 0 aliphatic rings. The normalized spacial score (nSPS) is 13.9. The van der Waals surface area contributed by atoms with Crippen LogP contribution in [0.5, 0.6) is 5.75 Å². The molecule has 1 heterocycles. The van der Waals surface area contributed by atoms with E-state index in [2.05, 4.69) is 36.3 Å². The molecule has 1 aromatic carbocycles. The van der Waals surface area contributed by atoms with Gasteiger partial charge in [-0.3, -0.25) is 0 Å². The molecular weight excluding hydrogens is 268 g/mol. The lowest BCUT2D eigenvalue weighted by Crippen LogP contribution is -2.31. The molecule has 108 valence electrons. The Kier molecular flexibility index (Phi) is 5.56. The molecule has 0 fully saturated rings. The highest BCUT2D eigenvalue weighted by Crippen LogP contribution is 2.17. The number of nitrogens with zero attached hydrogens (tertiary/aromatic N) is 1. The third kappa shape index (κ3) is 4.32. The second-order valence-electron chi connectivity index (χ2n) is 5.13. The first kappa shape index (κ1) is 15.0. The van der Waals surface area contributed by atoms with Gasteiger partial charge in [0.15, 0.2) is 0 Å². The fraction of sp³-hybridized carbons (Fsp3) is 0.438. The van der Waals surface area contributed by atoms with Crippen LogP contribution >= 0.6 is 11.3 Å². The third-order valence-electron chi connectivity index (χ3n) is 3.35. The van der Waals surface area contributed by atoms with Crippen LogP contribution in [0.2, 0.25) is 0 Å². The largest absolute Gasteiger partial charge is 0.497 e. The van der Waals surface area contributed by atoms with Gasteiger partial charge in [-0.05, 0) is 31.0 Å². The van der Waals surface area contributed by atoms with E-state index in [-0.39, 0.29) is 0 Å². The first-order valence-corrected chi connectivity index (χ1v) is 7.82. The number of aromatic nitrogens is 1. The van der Waals surface area contributed by atoms with Crippen molar-refractivity contribution >= 4 is 11.3 Å². The molecule has 2 atom stereocenters. The van der Waals surface area contributed by atoms with Crippen molar-refractivity contribution < 1.29 is 4.74 Å². The zero-order valence-electron chi connectivity index (χ0n) is 12.3. The molecular formula is C16H22N2OS. The lowest BCUT2D eigenvalue weighted by molar-refractivity contribution is 0.414. The molecule has 2 unspecified atom stereocenters. The van der Waals surface area contributed by atoms with Gasteiger partial charge in [0.1, 0.15) is 5.75 Å². The summed E-state index contributed by atoms with van der Waals surface area (Å²) < 4.78 is 5.17. The van der Waals surface area contributed by atoms with Gasteiger partial charge in [0.05, 0.1) is 12.1 Å². The van der Waals surface area contributed by atoms with E-state index >= 15 is 0 Å². The van der Waals surface area contributed by atoms with E-state index in [1.54, 1.807) is 18.4 Å². The maximum Gasteiger partial charge on any atom is 0.118 e. The molecule has 0 spiro atoms. The van der Waals surface area contributed by atoms with Gasteiger partial charge in [0, 0.05) is 30.1 Å². The van der Waals surface area contributed by atoms with Gasteiger partial charge in [0.25, 0.3) is 0 Å². The van der Waals surface area contributed by atoms with Crippen LogP contribution in [-0.2, 0) is 6.42 Å². The van der Waals surface area contributed by atoms with Crippen LogP contribution in [0, 0.1) is 0 Å². The van der Waals surface area contributed by atoms with E-state index in [1.807, 2.05) is 23.7 Å². The van der Waals surface area contributed by atoms with Gasteiger partial charge in [-0.25, -0.2) is 4.98 Å². The van der Waals surface area contributed by atoms with Crippen LogP contribution in [0.1, 0.15) is 30.3 Å². The molecule has 0 aliphatic carbocycles. The van der Waals surface area contributed by atoms with Crippen molar-refractivity contribution in [3.63, 3.8) is 0 Å². The smallest absolute Gasteiger partial charge is 0.118 e.